The third kappa shape index (κ3) is 6.27. The van der Waals surface area contributed by atoms with Gasteiger partial charge in [-0.05, 0) is 79.3 Å². The van der Waals surface area contributed by atoms with Gasteiger partial charge in [0.25, 0.3) is 11.6 Å². The number of carbonyl (C=O) groups excluding carboxylic acids is 1. The number of carbonyl (C=O) groups is 1. The average Bonchev–Trinajstić information content (AvgIpc) is 2.60. The molecule has 2 aromatic rings. The Morgan fingerprint density at radius 3 is 2.74 bits per heavy atom. The monoisotopic (exact) mass is 659 g/mol. The van der Waals surface area contributed by atoms with Crippen LogP contribution < -0.4 is 14.9 Å². The minimum Gasteiger partial charge on any atom is -0.495 e. The molecule has 0 aromatic heterocycles. The predicted molar refractivity (Wildman–Crippen MR) is 120 cm³/mol. The number of methoxy groups -OCH3 is 1. The summed E-state index contributed by atoms with van der Waals surface area (Å²) in [5.41, 5.74) is 3.01. The molecule has 0 bridgehead atoms. The van der Waals surface area contributed by atoms with Gasteiger partial charge in [0, 0.05) is 21.3 Å². The zero-order valence-corrected chi connectivity index (χ0v) is 19.6. The Morgan fingerprint density at radius 2 is 2.11 bits per heavy atom. The fourth-order valence-electron chi connectivity index (χ4n) is 1.96. The van der Waals surface area contributed by atoms with E-state index in [0.29, 0.717) is 16.0 Å². The van der Waals surface area contributed by atoms with Gasteiger partial charge in [0.05, 0.1) is 26.3 Å². The van der Waals surface area contributed by atoms with Crippen molar-refractivity contribution in [3.05, 3.63) is 57.6 Å². The lowest BCUT2D eigenvalue weighted by molar-refractivity contribution is -0.384. The molecule has 0 fully saturated rings. The number of nitrogens with zero attached hydrogens (tertiary/aromatic N) is 2. The quantitative estimate of drug-likeness (QED) is 0.209. The molecule has 1 N–H and O–H groups in total. The number of halogens is 3. The van der Waals surface area contributed by atoms with E-state index < -0.39 is 10.8 Å². The van der Waals surface area contributed by atoms with E-state index in [1.807, 2.05) is 12.1 Å². The van der Waals surface area contributed by atoms with Gasteiger partial charge in [0.15, 0.2) is 6.61 Å². The number of hydrogen-bond acceptors (Lipinski definition) is 6. The molecule has 2 aromatic carbocycles. The van der Waals surface area contributed by atoms with Gasteiger partial charge in [0.1, 0.15) is 11.5 Å². The van der Waals surface area contributed by atoms with Gasteiger partial charge < -0.3 is 9.47 Å². The molecule has 0 aliphatic carbocycles. The number of amides is 1. The highest BCUT2D eigenvalue weighted by Crippen LogP contribution is 2.29. The summed E-state index contributed by atoms with van der Waals surface area (Å²) in [4.78, 5) is 22.1. The number of benzene rings is 2. The van der Waals surface area contributed by atoms with Crippen LogP contribution in [0.5, 0.6) is 11.5 Å². The first-order chi connectivity index (χ1) is 12.8. The van der Waals surface area contributed by atoms with Crippen molar-refractivity contribution in [1.29, 1.82) is 0 Å². The number of hydrazone groups is 1. The van der Waals surface area contributed by atoms with Crippen LogP contribution >= 0.6 is 61.1 Å². The smallest absolute Gasteiger partial charge is 0.277 e. The Morgan fingerprint density at radius 1 is 1.37 bits per heavy atom. The van der Waals surface area contributed by atoms with Gasteiger partial charge in [-0.15, -0.1) is 0 Å². The molecule has 11 heteroatoms. The molecule has 1 amide bonds. The van der Waals surface area contributed by atoms with E-state index in [0.717, 1.165) is 12.7 Å². The first-order valence-electron chi connectivity index (χ1n) is 7.23. The molecule has 0 radical (unpaired) electrons. The van der Waals surface area contributed by atoms with E-state index in [-0.39, 0.29) is 12.3 Å². The summed E-state index contributed by atoms with van der Waals surface area (Å²) in [6.45, 7) is -0.297. The van der Waals surface area contributed by atoms with E-state index in [9.17, 15) is 14.9 Å². The van der Waals surface area contributed by atoms with Gasteiger partial charge >= 0.3 is 0 Å². The summed E-state index contributed by atoms with van der Waals surface area (Å²) in [6.07, 6.45) is 1.49. The fourth-order valence-corrected chi connectivity index (χ4v) is 4.55. The Balaban J connectivity index is 1.95. The van der Waals surface area contributed by atoms with Crippen LogP contribution in [0.3, 0.4) is 0 Å². The maximum Gasteiger partial charge on any atom is 0.277 e. The number of rotatable bonds is 7. The minimum absolute atomic E-state index is 0.0793. The summed E-state index contributed by atoms with van der Waals surface area (Å²) in [6, 6.07) is 7.85. The second-order valence-electron chi connectivity index (χ2n) is 4.96. The maximum absolute atomic E-state index is 11.9. The predicted octanol–water partition coefficient (Wildman–Crippen LogP) is 4.10. The van der Waals surface area contributed by atoms with Gasteiger partial charge in [-0.25, -0.2) is 5.43 Å². The van der Waals surface area contributed by atoms with Crippen LogP contribution in [-0.2, 0) is 4.79 Å². The third-order valence-corrected chi connectivity index (χ3v) is 5.16. The molecule has 0 atom stereocenters. The topological polar surface area (TPSA) is 103 Å². The molecule has 0 spiro atoms. The van der Waals surface area contributed by atoms with E-state index in [1.54, 1.807) is 7.11 Å². The van der Waals surface area contributed by atoms with Crippen molar-refractivity contribution in [3.63, 3.8) is 0 Å². The summed E-state index contributed by atoms with van der Waals surface area (Å²) in [5.74, 6) is 0.504. The van der Waals surface area contributed by atoms with Crippen molar-refractivity contribution in [2.45, 2.75) is 0 Å². The highest BCUT2D eigenvalue weighted by molar-refractivity contribution is 14.1. The van der Waals surface area contributed by atoms with Gasteiger partial charge in [-0.2, -0.15) is 5.10 Å². The summed E-state index contributed by atoms with van der Waals surface area (Å²) in [7, 11) is 1.57. The first-order valence-corrected chi connectivity index (χ1v) is 10.2. The lowest BCUT2D eigenvalue weighted by atomic mass is 10.2. The highest BCUT2D eigenvalue weighted by Gasteiger charge is 2.11. The lowest BCUT2D eigenvalue weighted by Crippen LogP contribution is -2.24. The summed E-state index contributed by atoms with van der Waals surface area (Å²) >= 11 is 7.51. The molecule has 0 saturated heterocycles. The van der Waals surface area contributed by atoms with Gasteiger partial charge in [0.2, 0.25) is 0 Å². The molecule has 0 saturated carbocycles. The normalized spacial score (nSPS) is 10.7. The standard InChI is InChI=1S/C16H12BrI2N3O5/c1-26-16-9(4-10(18)5-13(16)19)7-20-21-15(23)8-27-14-3-2-11(22(24)25)6-12(14)17/h2-7H,8H2,1H3,(H,21,23)/b20-7+. The fraction of sp³-hybridized carbons (Fsp3) is 0.125. The van der Waals surface area contributed by atoms with E-state index in [2.05, 4.69) is 71.6 Å². The molecule has 0 unspecified atom stereocenters. The Bertz CT molecular complexity index is 908. The van der Waals surface area contributed by atoms with Crippen LogP contribution in [0.15, 0.2) is 39.9 Å². The minimum atomic E-state index is -0.518. The Kier molecular flexibility index (Phi) is 8.22. The van der Waals surface area contributed by atoms with Crippen molar-refractivity contribution < 1.29 is 19.2 Å². The Hall–Kier alpha value is -1.48. The summed E-state index contributed by atoms with van der Waals surface area (Å²) < 4.78 is 13.0. The molecular weight excluding hydrogens is 648 g/mol. The zero-order chi connectivity index (χ0) is 20.0. The van der Waals surface area contributed by atoms with Gasteiger partial charge in [-0.3, -0.25) is 14.9 Å². The summed E-state index contributed by atoms with van der Waals surface area (Å²) in [5, 5.41) is 14.6. The van der Waals surface area contributed by atoms with Crippen molar-refractivity contribution >= 4 is 78.9 Å². The van der Waals surface area contributed by atoms with Crippen LogP contribution in [0.1, 0.15) is 5.56 Å². The van der Waals surface area contributed by atoms with Crippen LogP contribution in [-0.4, -0.2) is 30.8 Å². The van der Waals surface area contributed by atoms with Crippen molar-refractivity contribution in [2.24, 2.45) is 5.10 Å². The first kappa shape index (κ1) is 21.8. The number of nitro benzene ring substituents is 1. The van der Waals surface area contributed by atoms with Crippen LogP contribution in [0.4, 0.5) is 5.69 Å². The lowest BCUT2D eigenvalue weighted by Gasteiger charge is -2.08. The van der Waals surface area contributed by atoms with E-state index >= 15 is 0 Å². The average molecular weight is 660 g/mol. The molecule has 0 heterocycles. The van der Waals surface area contributed by atoms with Gasteiger partial charge in [-0.1, -0.05) is 0 Å². The van der Waals surface area contributed by atoms with E-state index in [1.165, 1.54) is 24.4 Å². The molecule has 8 nitrogen and oxygen atoms in total. The largest absolute Gasteiger partial charge is 0.495 e. The molecule has 0 aliphatic heterocycles. The number of nitrogens with one attached hydrogen (secondary N) is 1. The third-order valence-electron chi connectivity index (χ3n) is 3.12. The van der Waals surface area contributed by atoms with Crippen LogP contribution in [0.25, 0.3) is 0 Å². The number of nitro groups is 1. The molecule has 142 valence electrons. The van der Waals surface area contributed by atoms with Crippen molar-refractivity contribution in [1.82, 2.24) is 5.43 Å². The van der Waals surface area contributed by atoms with E-state index in [4.69, 9.17) is 9.47 Å². The molecular formula is C16H12BrI2N3O5. The van der Waals surface area contributed by atoms with Crippen LogP contribution in [0.2, 0.25) is 0 Å². The number of ether oxygens (including phenoxy) is 2. The number of hydrogen-bond donors (Lipinski definition) is 1. The van der Waals surface area contributed by atoms with Crippen molar-refractivity contribution in [3.8, 4) is 11.5 Å². The second-order valence-corrected chi connectivity index (χ2v) is 8.23. The Labute approximate surface area is 190 Å². The van der Waals surface area contributed by atoms with Crippen LogP contribution in [0, 0.1) is 17.3 Å². The number of non-ortho nitro benzene ring substituents is 1. The molecule has 2 rings (SSSR count). The maximum atomic E-state index is 11.9. The molecule has 0 aliphatic rings. The zero-order valence-electron chi connectivity index (χ0n) is 13.7. The highest BCUT2D eigenvalue weighted by atomic mass is 127. The second kappa shape index (κ2) is 10.2. The SMILES string of the molecule is COc1c(I)cc(I)cc1/C=N/NC(=O)COc1ccc([N+](=O)[O-])cc1Br. The molecule has 27 heavy (non-hydrogen) atoms. The van der Waals surface area contributed by atoms with Crippen molar-refractivity contribution in [2.75, 3.05) is 13.7 Å².